The number of ketones is 1. The molecule has 1 atom stereocenters. The van der Waals surface area contributed by atoms with Gasteiger partial charge in [-0.25, -0.2) is 0 Å². The molecule has 1 aliphatic heterocycles. The molecule has 0 saturated heterocycles. The van der Waals surface area contributed by atoms with Crippen molar-refractivity contribution in [3.8, 4) is 6.07 Å². The summed E-state index contributed by atoms with van der Waals surface area (Å²) in [6, 6.07) is 5.82. The van der Waals surface area contributed by atoms with E-state index in [2.05, 4.69) is 30.1 Å². The molecule has 7 nitrogen and oxygen atoms in total. The topological polar surface area (TPSA) is 109 Å². The summed E-state index contributed by atoms with van der Waals surface area (Å²) >= 11 is 3.26. The Morgan fingerprint density at radius 3 is 2.76 bits per heavy atom. The van der Waals surface area contributed by atoms with E-state index in [4.69, 9.17) is 10.2 Å². The van der Waals surface area contributed by atoms with Crippen LogP contribution in [0.5, 0.6) is 0 Å². The summed E-state index contributed by atoms with van der Waals surface area (Å²) < 4.78 is 6.56. The Hall–Kier alpha value is -2.57. The highest BCUT2D eigenvalue weighted by molar-refractivity contribution is 8.01. The molecule has 2 aliphatic carbocycles. The number of nitrogens with two attached hydrogens (primary N) is 1. The summed E-state index contributed by atoms with van der Waals surface area (Å²) in [6.07, 6.45) is 8.85. The second-order valence-corrected chi connectivity index (χ2v) is 12.2. The number of nitrogens with zero attached hydrogens (tertiary/aromatic N) is 4. The second kappa shape index (κ2) is 8.65. The van der Waals surface area contributed by atoms with E-state index in [1.54, 1.807) is 35.1 Å². The van der Waals surface area contributed by atoms with Crippen molar-refractivity contribution in [1.29, 1.82) is 5.26 Å². The van der Waals surface area contributed by atoms with Gasteiger partial charge in [-0.1, -0.05) is 56.2 Å². The van der Waals surface area contributed by atoms with E-state index < -0.39 is 5.92 Å². The minimum Gasteiger partial charge on any atom is -0.468 e. The Balaban J connectivity index is 1.58. The number of allylic oxidation sites excluding steroid dienone is 3. The zero-order valence-corrected chi connectivity index (χ0v) is 20.5. The average molecular weight is 482 g/mol. The van der Waals surface area contributed by atoms with Crippen LogP contribution in [0.1, 0.15) is 70.5 Å². The van der Waals surface area contributed by atoms with Crippen LogP contribution in [0.2, 0.25) is 0 Å². The lowest BCUT2D eigenvalue weighted by atomic mass is 9.69. The number of anilines is 1. The monoisotopic (exact) mass is 481 g/mol. The van der Waals surface area contributed by atoms with E-state index in [-0.39, 0.29) is 11.2 Å². The number of hydrogen-bond acceptors (Lipinski definition) is 9. The first kappa shape index (κ1) is 22.2. The SMILES string of the molecule is CC1(C)CC(=O)C2=C(C1)N(c1nnc(SC3CCCCC3)s1)C(N)=C(C#N)C2c1ccco1. The minimum absolute atomic E-state index is 0.0224. The maximum absolute atomic E-state index is 13.4. The van der Waals surface area contributed by atoms with Crippen LogP contribution < -0.4 is 10.6 Å². The van der Waals surface area contributed by atoms with Crippen molar-refractivity contribution in [2.24, 2.45) is 11.1 Å². The molecule has 0 spiro atoms. The van der Waals surface area contributed by atoms with Gasteiger partial charge in [0.2, 0.25) is 5.13 Å². The first-order valence-corrected chi connectivity index (χ1v) is 13.1. The predicted molar refractivity (Wildman–Crippen MR) is 128 cm³/mol. The quantitative estimate of drug-likeness (QED) is 0.610. The third-order valence-electron chi connectivity index (χ3n) is 6.62. The third kappa shape index (κ3) is 4.11. The fourth-order valence-corrected chi connectivity index (χ4v) is 7.52. The molecule has 1 saturated carbocycles. The molecule has 33 heavy (non-hydrogen) atoms. The summed E-state index contributed by atoms with van der Waals surface area (Å²) in [5.41, 5.74) is 8.11. The van der Waals surface area contributed by atoms with Crippen molar-refractivity contribution in [2.45, 2.75) is 74.3 Å². The van der Waals surface area contributed by atoms with E-state index in [0.717, 1.165) is 10.0 Å². The Labute approximate surface area is 201 Å². The predicted octanol–water partition coefficient (Wildman–Crippen LogP) is 5.50. The van der Waals surface area contributed by atoms with Gasteiger partial charge >= 0.3 is 0 Å². The number of carbonyl (C=O) groups excluding carboxylic acids is 1. The minimum atomic E-state index is -0.594. The molecule has 2 aromatic rings. The molecule has 2 aromatic heterocycles. The Morgan fingerprint density at radius 2 is 2.06 bits per heavy atom. The maximum atomic E-state index is 13.4. The maximum Gasteiger partial charge on any atom is 0.219 e. The fraction of sp³-hybridized carbons (Fsp3) is 0.500. The molecule has 1 fully saturated rings. The summed E-state index contributed by atoms with van der Waals surface area (Å²) in [6.45, 7) is 4.16. The van der Waals surface area contributed by atoms with Gasteiger partial charge < -0.3 is 10.2 Å². The molecular formula is C24H27N5O2S2. The molecule has 5 rings (SSSR count). The Morgan fingerprint density at radius 1 is 1.27 bits per heavy atom. The molecule has 9 heteroatoms. The van der Waals surface area contributed by atoms with Crippen molar-refractivity contribution in [3.63, 3.8) is 0 Å². The van der Waals surface area contributed by atoms with E-state index >= 15 is 0 Å². The molecule has 3 aliphatic rings. The molecule has 0 bridgehead atoms. The van der Waals surface area contributed by atoms with Gasteiger partial charge in [0, 0.05) is 22.9 Å². The number of hydrogen-bond donors (Lipinski definition) is 1. The molecule has 0 amide bonds. The standard InChI is InChI=1S/C24H27N5O2S2/c1-24(2)11-16-20(17(30)12-24)19(18-9-6-10-31-18)15(13-25)21(26)29(16)22-27-28-23(33-22)32-14-7-4-3-5-8-14/h6,9-10,14,19H,3-5,7-8,11-12,26H2,1-2H3. The number of furan rings is 1. The van der Waals surface area contributed by atoms with Crippen molar-refractivity contribution < 1.29 is 9.21 Å². The number of nitriles is 1. The third-order valence-corrected chi connectivity index (χ3v) is 8.95. The van der Waals surface area contributed by atoms with Gasteiger partial charge in [-0.2, -0.15) is 5.26 Å². The molecule has 0 aromatic carbocycles. The van der Waals surface area contributed by atoms with Gasteiger partial charge in [-0.3, -0.25) is 9.69 Å². The van der Waals surface area contributed by atoms with Gasteiger partial charge in [-0.05, 0) is 36.8 Å². The highest BCUT2D eigenvalue weighted by atomic mass is 32.2. The highest BCUT2D eigenvalue weighted by Gasteiger charge is 2.46. The lowest BCUT2D eigenvalue weighted by Crippen LogP contribution is -2.42. The Bertz CT molecular complexity index is 1170. The Kier molecular flexibility index (Phi) is 5.83. The number of Topliss-reactive ketones (excluding diaryl/α,β-unsaturated/α-hetero) is 1. The second-order valence-electron chi connectivity index (χ2n) is 9.72. The first-order chi connectivity index (χ1) is 15.9. The number of carbonyl (C=O) groups is 1. The van der Waals surface area contributed by atoms with E-state index in [9.17, 15) is 10.1 Å². The summed E-state index contributed by atoms with van der Waals surface area (Å²) in [5.74, 6) is 0.284. The van der Waals surface area contributed by atoms with Gasteiger partial charge in [0.1, 0.15) is 11.6 Å². The van der Waals surface area contributed by atoms with Crippen molar-refractivity contribution in [2.75, 3.05) is 4.90 Å². The molecule has 0 radical (unpaired) electrons. The van der Waals surface area contributed by atoms with Crippen LogP contribution in [0.3, 0.4) is 0 Å². The van der Waals surface area contributed by atoms with Crippen LogP contribution in [0.25, 0.3) is 0 Å². The lowest BCUT2D eigenvalue weighted by molar-refractivity contribution is -0.118. The normalized spacial score (nSPS) is 23.6. The van der Waals surface area contributed by atoms with E-state index in [0.29, 0.717) is 46.0 Å². The van der Waals surface area contributed by atoms with Crippen molar-refractivity contribution in [3.05, 3.63) is 46.8 Å². The first-order valence-electron chi connectivity index (χ1n) is 11.4. The van der Waals surface area contributed by atoms with Gasteiger partial charge in [0.05, 0.1) is 23.8 Å². The van der Waals surface area contributed by atoms with Crippen LogP contribution in [-0.2, 0) is 4.79 Å². The van der Waals surface area contributed by atoms with Crippen LogP contribution in [0, 0.1) is 16.7 Å². The highest BCUT2D eigenvalue weighted by Crippen LogP contribution is 2.51. The number of rotatable bonds is 4. The molecular weight excluding hydrogens is 454 g/mol. The largest absolute Gasteiger partial charge is 0.468 e. The molecule has 172 valence electrons. The fourth-order valence-electron chi connectivity index (χ4n) is 5.13. The average Bonchev–Trinajstić information content (AvgIpc) is 3.45. The lowest BCUT2D eigenvalue weighted by Gasteiger charge is -2.42. The van der Waals surface area contributed by atoms with Crippen LogP contribution >= 0.6 is 23.1 Å². The zero-order valence-electron chi connectivity index (χ0n) is 18.8. The van der Waals surface area contributed by atoms with Gasteiger partial charge in [0.15, 0.2) is 10.1 Å². The molecule has 1 unspecified atom stereocenters. The van der Waals surface area contributed by atoms with Crippen LogP contribution in [-0.4, -0.2) is 21.2 Å². The van der Waals surface area contributed by atoms with Crippen molar-refractivity contribution in [1.82, 2.24) is 10.2 Å². The summed E-state index contributed by atoms with van der Waals surface area (Å²) in [5, 5.41) is 20.1. The summed E-state index contributed by atoms with van der Waals surface area (Å²) in [4.78, 5) is 15.2. The number of aromatic nitrogens is 2. The van der Waals surface area contributed by atoms with Crippen LogP contribution in [0.15, 0.2) is 49.8 Å². The van der Waals surface area contributed by atoms with Crippen LogP contribution in [0.4, 0.5) is 5.13 Å². The molecule has 2 N–H and O–H groups in total. The summed E-state index contributed by atoms with van der Waals surface area (Å²) in [7, 11) is 0. The smallest absolute Gasteiger partial charge is 0.219 e. The van der Waals surface area contributed by atoms with Crippen molar-refractivity contribution >= 4 is 34.0 Å². The van der Waals surface area contributed by atoms with E-state index in [1.165, 1.54) is 43.4 Å². The molecule has 3 heterocycles. The van der Waals surface area contributed by atoms with Gasteiger partial charge in [0.25, 0.3) is 0 Å². The van der Waals surface area contributed by atoms with Gasteiger partial charge in [-0.15, -0.1) is 10.2 Å². The number of thioether (sulfide) groups is 1. The van der Waals surface area contributed by atoms with E-state index in [1.807, 2.05) is 0 Å². The zero-order chi connectivity index (χ0) is 23.2.